The van der Waals surface area contributed by atoms with Crippen molar-refractivity contribution in [2.45, 2.75) is 19.4 Å². The van der Waals surface area contributed by atoms with Crippen molar-refractivity contribution < 1.29 is 23.7 Å². The third-order valence-electron chi connectivity index (χ3n) is 9.02. The van der Waals surface area contributed by atoms with E-state index in [1.54, 1.807) is 16.2 Å². The highest BCUT2D eigenvalue weighted by Gasteiger charge is 2.21. The number of hydrogen-bond acceptors (Lipinski definition) is 7. The monoisotopic (exact) mass is 740 g/mol. The molecule has 1 saturated heterocycles. The summed E-state index contributed by atoms with van der Waals surface area (Å²) in [4.78, 5) is 31.0. The lowest BCUT2D eigenvalue weighted by Crippen LogP contribution is -2.33. The Morgan fingerprint density at radius 2 is 1.76 bits per heavy atom. The van der Waals surface area contributed by atoms with Gasteiger partial charge in [-0.3, -0.25) is 0 Å². The first kappa shape index (κ1) is 36.1. The van der Waals surface area contributed by atoms with E-state index < -0.39 is 6.09 Å². The molecule has 0 atom stereocenters. The number of carbonyl (C=O) groups is 2. The Kier molecular flexibility index (Phi) is 11.7. The van der Waals surface area contributed by atoms with Gasteiger partial charge in [0.15, 0.2) is 17.6 Å². The van der Waals surface area contributed by atoms with E-state index in [0.29, 0.717) is 45.0 Å². The second kappa shape index (κ2) is 17.5. The molecule has 1 aliphatic rings. The molecule has 4 aromatic carbocycles. The number of aromatic nitrogens is 4. The number of aryl methyl sites for hydroxylation is 2. The van der Waals surface area contributed by atoms with Crippen molar-refractivity contribution >= 4 is 35.6 Å². The smallest absolute Gasteiger partial charge is 0.407 e. The van der Waals surface area contributed by atoms with Gasteiger partial charge in [0.2, 0.25) is 0 Å². The summed E-state index contributed by atoms with van der Waals surface area (Å²) in [6.07, 6.45) is 7.07. The van der Waals surface area contributed by atoms with E-state index in [2.05, 4.69) is 53.1 Å². The second-order valence-electron chi connectivity index (χ2n) is 12.8. The molecule has 0 saturated carbocycles. The van der Waals surface area contributed by atoms with Crippen LogP contribution in [0.15, 0.2) is 115 Å². The maximum atomic E-state index is 12.2. The van der Waals surface area contributed by atoms with Crippen molar-refractivity contribution in [3.05, 3.63) is 137 Å². The fraction of sp³-hybridized carbons (Fsp3) is 0.214. The van der Waals surface area contributed by atoms with Crippen LogP contribution in [0.1, 0.15) is 28.9 Å². The molecular weight excluding hydrogens is 699 g/mol. The molecule has 7 rings (SSSR count). The number of rotatable bonds is 15. The van der Waals surface area contributed by atoms with Crippen LogP contribution in [0.25, 0.3) is 39.5 Å². The molecule has 2 N–H and O–H groups in total. The van der Waals surface area contributed by atoms with Gasteiger partial charge in [0.1, 0.15) is 31.0 Å². The molecule has 1 fully saturated rings. The van der Waals surface area contributed by atoms with E-state index in [9.17, 15) is 9.59 Å². The van der Waals surface area contributed by atoms with Gasteiger partial charge in [-0.1, -0.05) is 91.0 Å². The summed E-state index contributed by atoms with van der Waals surface area (Å²) < 4.78 is 15.3. The van der Waals surface area contributed by atoms with Crippen molar-refractivity contribution in [1.82, 2.24) is 30.4 Å². The minimum absolute atomic E-state index is 0.0746. The van der Waals surface area contributed by atoms with E-state index in [-0.39, 0.29) is 12.6 Å². The van der Waals surface area contributed by atoms with E-state index in [0.717, 1.165) is 45.2 Å². The highest BCUT2D eigenvalue weighted by atomic mass is 32.1. The van der Waals surface area contributed by atoms with Gasteiger partial charge in [-0.15, -0.1) is 20.7 Å². The average Bonchev–Trinajstić information content (AvgIpc) is 3.96. The summed E-state index contributed by atoms with van der Waals surface area (Å²) in [5, 5.41) is 13.3. The van der Waals surface area contributed by atoms with Gasteiger partial charge in [0, 0.05) is 37.5 Å². The number of alkyl carbamates (subject to hydrolysis) is 1. The third kappa shape index (κ3) is 9.39. The highest BCUT2D eigenvalue weighted by molar-refractivity contribution is 7.13. The number of thiazole rings is 1. The summed E-state index contributed by atoms with van der Waals surface area (Å²) in [7, 11) is 1.91. The quantitative estimate of drug-likeness (QED) is 0.0873. The molecule has 0 unspecified atom stereocenters. The van der Waals surface area contributed by atoms with Crippen LogP contribution in [0.4, 0.5) is 9.59 Å². The van der Waals surface area contributed by atoms with Crippen molar-refractivity contribution in [3.63, 3.8) is 0 Å². The Morgan fingerprint density at radius 1 is 0.981 bits per heavy atom. The number of nitrogens with zero attached hydrogens (tertiary/aromatic N) is 5. The first-order valence-corrected chi connectivity index (χ1v) is 18.9. The second-order valence-corrected chi connectivity index (χ2v) is 13.7. The van der Waals surface area contributed by atoms with E-state index >= 15 is 0 Å². The number of hydrogen-bond donors (Lipinski definition) is 2. The Balaban J connectivity index is 1.01. The van der Waals surface area contributed by atoms with Crippen LogP contribution in [0, 0.1) is 0 Å². The molecule has 11 nitrogen and oxygen atoms in total. The lowest BCUT2D eigenvalue weighted by Gasteiger charge is -2.16. The van der Waals surface area contributed by atoms with Crippen molar-refractivity contribution in [2.24, 2.45) is 7.05 Å². The van der Waals surface area contributed by atoms with Gasteiger partial charge >= 0.3 is 12.1 Å². The normalized spacial score (nSPS) is 12.6. The zero-order valence-corrected chi connectivity index (χ0v) is 30.9. The molecule has 0 bridgehead atoms. The summed E-state index contributed by atoms with van der Waals surface area (Å²) in [6, 6.07) is 34.3. The average molecular weight is 741 g/mol. The van der Waals surface area contributed by atoms with Gasteiger partial charge in [0.05, 0.1) is 23.0 Å². The SMILES string of the molecule is Cn1n[n+](-c2ccc(-c3nc(/C=C/c4ccc(-c5ccccc5)cc4)cs3)c(OCCN3CCNC3=O)c2)cc1CCCNC(=O)OCc1ccccc1. The zero-order chi connectivity index (χ0) is 37.1. The van der Waals surface area contributed by atoms with Crippen LogP contribution in [0.5, 0.6) is 5.75 Å². The summed E-state index contributed by atoms with van der Waals surface area (Å²) >= 11 is 1.55. The fourth-order valence-electron chi connectivity index (χ4n) is 6.06. The third-order valence-corrected chi connectivity index (χ3v) is 9.91. The Morgan fingerprint density at radius 3 is 2.54 bits per heavy atom. The first-order valence-electron chi connectivity index (χ1n) is 18.0. The largest absolute Gasteiger partial charge is 0.491 e. The summed E-state index contributed by atoms with van der Waals surface area (Å²) in [5.41, 5.74) is 7.95. The van der Waals surface area contributed by atoms with Crippen LogP contribution in [-0.4, -0.2) is 64.7 Å². The maximum Gasteiger partial charge on any atom is 0.407 e. The standard InChI is InChI=1S/C42H41N7O4S/c1-47-37(13-8-22-44-42(51)53-29-32-9-4-2-5-10-32)28-49(46-47)36-20-21-38(39(27-36)52-26-25-48-24-23-43-41(48)50)40-45-35(30-54-40)19-16-31-14-17-34(18-15-31)33-11-6-3-7-12-33/h2-7,9-12,14-21,27-28,30H,8,13,22-26,29H2,1H3,(H-,43,44,50,51)/p+1/b19-16+. The van der Waals surface area contributed by atoms with Gasteiger partial charge < -0.3 is 25.0 Å². The van der Waals surface area contributed by atoms with Crippen molar-refractivity contribution in [3.8, 4) is 33.1 Å². The van der Waals surface area contributed by atoms with Gasteiger partial charge in [0.25, 0.3) is 0 Å². The van der Waals surface area contributed by atoms with E-state index in [4.69, 9.17) is 19.7 Å². The molecule has 3 heterocycles. The molecule has 6 aromatic rings. The summed E-state index contributed by atoms with van der Waals surface area (Å²) in [6.45, 7) is 2.81. The molecule has 0 aliphatic carbocycles. The number of amides is 3. The van der Waals surface area contributed by atoms with E-state index in [1.165, 1.54) is 11.1 Å². The lowest BCUT2D eigenvalue weighted by molar-refractivity contribution is -0.661. The molecule has 3 amide bonds. The Bertz CT molecular complexity index is 2200. The van der Waals surface area contributed by atoms with Gasteiger partial charge in [-0.05, 0) is 46.9 Å². The minimum atomic E-state index is -0.436. The number of benzene rings is 4. The minimum Gasteiger partial charge on any atom is -0.491 e. The lowest BCUT2D eigenvalue weighted by atomic mass is 10.0. The first-order chi connectivity index (χ1) is 26.5. The Hall–Kier alpha value is -6.27. The molecule has 274 valence electrons. The molecule has 12 heteroatoms. The number of nitrogens with one attached hydrogen (secondary N) is 2. The number of carbonyl (C=O) groups excluding carboxylic acids is 2. The zero-order valence-electron chi connectivity index (χ0n) is 30.1. The highest BCUT2D eigenvalue weighted by Crippen LogP contribution is 2.34. The van der Waals surface area contributed by atoms with Crippen molar-refractivity contribution in [1.29, 1.82) is 0 Å². The molecule has 1 aliphatic heterocycles. The van der Waals surface area contributed by atoms with Crippen LogP contribution in [0.2, 0.25) is 0 Å². The van der Waals surface area contributed by atoms with Gasteiger partial charge in [-0.2, -0.15) is 0 Å². The van der Waals surface area contributed by atoms with E-state index in [1.807, 2.05) is 101 Å². The molecule has 0 radical (unpaired) electrons. The molecular formula is C42H42N7O4S+. The van der Waals surface area contributed by atoms with Crippen LogP contribution in [0.3, 0.4) is 0 Å². The fourth-order valence-corrected chi connectivity index (χ4v) is 6.88. The van der Waals surface area contributed by atoms with Gasteiger partial charge in [-0.25, -0.2) is 14.6 Å². The predicted molar refractivity (Wildman–Crippen MR) is 210 cm³/mol. The predicted octanol–water partition coefficient (Wildman–Crippen LogP) is 6.92. The topological polar surface area (TPSA) is 114 Å². The summed E-state index contributed by atoms with van der Waals surface area (Å²) in [5.74, 6) is 0.659. The Labute approximate surface area is 318 Å². The number of ether oxygens (including phenoxy) is 2. The van der Waals surface area contributed by atoms with Crippen LogP contribution >= 0.6 is 11.3 Å². The molecule has 2 aromatic heterocycles. The van der Waals surface area contributed by atoms with Crippen molar-refractivity contribution in [2.75, 3.05) is 32.8 Å². The maximum absolute atomic E-state index is 12.2. The number of urea groups is 1. The molecule has 0 spiro atoms. The van der Waals surface area contributed by atoms with Crippen LogP contribution < -0.4 is 20.1 Å². The molecule has 54 heavy (non-hydrogen) atoms. The van der Waals surface area contributed by atoms with Crippen LogP contribution in [-0.2, 0) is 24.8 Å².